The van der Waals surface area contributed by atoms with Crippen LogP contribution in [0.1, 0.15) is 30.7 Å². The summed E-state index contributed by atoms with van der Waals surface area (Å²) in [4.78, 5) is 9.30. The number of nitrogens with one attached hydrogen (secondary N) is 1. The maximum atomic E-state index is 9.54. The molecule has 0 saturated carbocycles. The fourth-order valence-electron chi connectivity index (χ4n) is 2.45. The van der Waals surface area contributed by atoms with Crippen molar-refractivity contribution in [1.82, 2.24) is 14.5 Å². The molecule has 0 spiro atoms. The van der Waals surface area contributed by atoms with Gasteiger partial charge in [0.05, 0.1) is 29.4 Å². The highest BCUT2D eigenvalue weighted by molar-refractivity contribution is 7.09. The number of aliphatic hydroxyl groups is 1. The SMILES string of the molecule is COC(C)c1nc(Cn2c(NCC(C)O)nc3ccccc32)cs1. The Morgan fingerprint density at radius 1 is 1.29 bits per heavy atom. The molecule has 7 heteroatoms. The number of aliphatic hydroxyl groups excluding tert-OH is 1. The number of fused-ring (bicyclic) bond motifs is 1. The smallest absolute Gasteiger partial charge is 0.204 e. The quantitative estimate of drug-likeness (QED) is 0.688. The number of rotatable bonds is 7. The number of benzene rings is 1. The average Bonchev–Trinajstić information content (AvgIpc) is 3.18. The molecule has 0 radical (unpaired) electrons. The number of methoxy groups -OCH3 is 1. The first kappa shape index (κ1) is 16.9. The summed E-state index contributed by atoms with van der Waals surface area (Å²) in [5.41, 5.74) is 2.94. The number of thiazole rings is 1. The van der Waals surface area contributed by atoms with Crippen LogP contribution in [0, 0.1) is 0 Å². The molecule has 0 fully saturated rings. The highest BCUT2D eigenvalue weighted by atomic mass is 32.1. The first-order valence-electron chi connectivity index (χ1n) is 7.92. The lowest BCUT2D eigenvalue weighted by Crippen LogP contribution is -2.18. The van der Waals surface area contributed by atoms with Crippen LogP contribution in [0.25, 0.3) is 11.0 Å². The summed E-state index contributed by atoms with van der Waals surface area (Å²) in [7, 11) is 1.69. The molecule has 2 atom stereocenters. The third kappa shape index (κ3) is 3.58. The molecule has 2 unspecified atom stereocenters. The van der Waals surface area contributed by atoms with Gasteiger partial charge in [-0.25, -0.2) is 9.97 Å². The van der Waals surface area contributed by atoms with Crippen LogP contribution in [-0.4, -0.2) is 39.4 Å². The average molecular weight is 346 g/mol. The van der Waals surface area contributed by atoms with E-state index >= 15 is 0 Å². The van der Waals surface area contributed by atoms with Gasteiger partial charge in [-0.3, -0.25) is 0 Å². The molecule has 1 aromatic carbocycles. The lowest BCUT2D eigenvalue weighted by Gasteiger charge is -2.11. The van der Waals surface area contributed by atoms with Crippen molar-refractivity contribution in [1.29, 1.82) is 0 Å². The Kier molecular flexibility index (Phi) is 5.13. The summed E-state index contributed by atoms with van der Waals surface area (Å²) in [6, 6.07) is 8.00. The zero-order valence-corrected chi connectivity index (χ0v) is 14.9. The second-order valence-corrected chi connectivity index (χ2v) is 6.68. The van der Waals surface area contributed by atoms with E-state index in [9.17, 15) is 5.11 Å². The van der Waals surface area contributed by atoms with Crippen molar-refractivity contribution in [2.45, 2.75) is 32.6 Å². The van der Waals surface area contributed by atoms with Gasteiger partial charge in [0.2, 0.25) is 5.95 Å². The van der Waals surface area contributed by atoms with Gasteiger partial charge >= 0.3 is 0 Å². The molecule has 24 heavy (non-hydrogen) atoms. The second-order valence-electron chi connectivity index (χ2n) is 5.80. The summed E-state index contributed by atoms with van der Waals surface area (Å²) in [6.07, 6.45) is -0.442. The van der Waals surface area contributed by atoms with Crippen LogP contribution in [0.3, 0.4) is 0 Å². The zero-order chi connectivity index (χ0) is 17.1. The maximum absolute atomic E-state index is 9.54. The third-order valence-electron chi connectivity index (χ3n) is 3.80. The van der Waals surface area contributed by atoms with Crippen LogP contribution in [0.4, 0.5) is 5.95 Å². The van der Waals surface area contributed by atoms with Crippen LogP contribution in [0.15, 0.2) is 29.6 Å². The van der Waals surface area contributed by atoms with Gasteiger partial charge in [-0.15, -0.1) is 11.3 Å². The normalized spacial score (nSPS) is 14.0. The van der Waals surface area contributed by atoms with Gasteiger partial charge in [-0.05, 0) is 26.0 Å². The Balaban J connectivity index is 1.91. The van der Waals surface area contributed by atoms with E-state index in [4.69, 9.17) is 4.74 Å². The highest BCUT2D eigenvalue weighted by Gasteiger charge is 2.14. The van der Waals surface area contributed by atoms with E-state index in [1.165, 1.54) is 0 Å². The van der Waals surface area contributed by atoms with E-state index in [1.807, 2.05) is 31.2 Å². The molecule has 2 heterocycles. The molecule has 0 aliphatic rings. The minimum absolute atomic E-state index is 0.00360. The molecule has 3 aromatic rings. The van der Waals surface area contributed by atoms with Gasteiger partial charge in [0.25, 0.3) is 0 Å². The lowest BCUT2D eigenvalue weighted by atomic mass is 10.3. The van der Waals surface area contributed by atoms with Crippen LogP contribution in [0.2, 0.25) is 0 Å². The second kappa shape index (κ2) is 7.29. The largest absolute Gasteiger partial charge is 0.392 e. The van der Waals surface area contributed by atoms with Crippen molar-refractivity contribution in [3.05, 3.63) is 40.3 Å². The van der Waals surface area contributed by atoms with Crippen molar-refractivity contribution in [2.24, 2.45) is 0 Å². The molecular formula is C17H22N4O2S. The van der Waals surface area contributed by atoms with E-state index in [1.54, 1.807) is 25.4 Å². The number of hydrogen-bond acceptors (Lipinski definition) is 6. The molecule has 2 N–H and O–H groups in total. The number of anilines is 1. The van der Waals surface area contributed by atoms with Crippen LogP contribution < -0.4 is 5.32 Å². The van der Waals surface area contributed by atoms with Crippen molar-refractivity contribution < 1.29 is 9.84 Å². The van der Waals surface area contributed by atoms with E-state index in [0.717, 1.165) is 27.7 Å². The Labute approximate surface area is 145 Å². The van der Waals surface area contributed by atoms with Gasteiger partial charge in [-0.2, -0.15) is 0 Å². The van der Waals surface area contributed by atoms with Gasteiger partial charge in [0.1, 0.15) is 11.1 Å². The van der Waals surface area contributed by atoms with Crippen LogP contribution in [0.5, 0.6) is 0 Å². The highest BCUT2D eigenvalue weighted by Crippen LogP contribution is 2.24. The van der Waals surface area contributed by atoms with Crippen molar-refractivity contribution >= 4 is 28.3 Å². The first-order chi connectivity index (χ1) is 11.6. The summed E-state index contributed by atoms with van der Waals surface area (Å²) < 4.78 is 7.42. The van der Waals surface area contributed by atoms with Gasteiger partial charge in [0, 0.05) is 19.0 Å². The third-order valence-corrected chi connectivity index (χ3v) is 4.86. The molecule has 0 bridgehead atoms. The van der Waals surface area contributed by atoms with E-state index in [2.05, 4.69) is 25.2 Å². The minimum Gasteiger partial charge on any atom is -0.392 e. The molecule has 128 valence electrons. The molecule has 2 aromatic heterocycles. The molecule has 0 amide bonds. The fourth-order valence-corrected chi connectivity index (χ4v) is 3.30. The molecular weight excluding hydrogens is 324 g/mol. The minimum atomic E-state index is -0.438. The summed E-state index contributed by atoms with van der Waals surface area (Å²) in [6.45, 7) is 4.81. The molecule has 3 rings (SSSR count). The molecule has 6 nitrogen and oxygen atoms in total. The lowest BCUT2D eigenvalue weighted by molar-refractivity contribution is 0.119. The van der Waals surface area contributed by atoms with E-state index < -0.39 is 6.10 Å². The number of hydrogen-bond donors (Lipinski definition) is 2. The van der Waals surface area contributed by atoms with Crippen LogP contribution >= 0.6 is 11.3 Å². The number of aromatic nitrogens is 3. The number of ether oxygens (including phenoxy) is 1. The summed E-state index contributed by atoms with van der Waals surface area (Å²) >= 11 is 1.60. The van der Waals surface area contributed by atoms with Crippen LogP contribution in [-0.2, 0) is 11.3 Å². The van der Waals surface area contributed by atoms with Crippen molar-refractivity contribution in [3.8, 4) is 0 Å². The van der Waals surface area contributed by atoms with Gasteiger partial charge in [-0.1, -0.05) is 12.1 Å². The molecule has 0 aliphatic carbocycles. The predicted octanol–water partition coefficient (Wildman–Crippen LogP) is 3.04. The summed E-state index contributed by atoms with van der Waals surface area (Å²) in [5.74, 6) is 0.742. The maximum Gasteiger partial charge on any atom is 0.204 e. The topological polar surface area (TPSA) is 72.2 Å². The van der Waals surface area contributed by atoms with Gasteiger partial charge < -0.3 is 19.7 Å². The van der Waals surface area contributed by atoms with Crippen molar-refractivity contribution in [2.75, 3.05) is 19.0 Å². The Morgan fingerprint density at radius 2 is 2.08 bits per heavy atom. The predicted molar refractivity (Wildman–Crippen MR) is 96.5 cm³/mol. The van der Waals surface area contributed by atoms with Crippen molar-refractivity contribution in [3.63, 3.8) is 0 Å². The molecule has 0 saturated heterocycles. The van der Waals surface area contributed by atoms with Gasteiger partial charge in [0.15, 0.2) is 0 Å². The number of imidazole rings is 1. The fraction of sp³-hybridized carbons (Fsp3) is 0.412. The monoisotopic (exact) mass is 346 g/mol. The number of para-hydroxylation sites is 2. The number of nitrogens with zero attached hydrogens (tertiary/aromatic N) is 3. The first-order valence-corrected chi connectivity index (χ1v) is 8.80. The zero-order valence-electron chi connectivity index (χ0n) is 14.1. The van der Waals surface area contributed by atoms with E-state index in [-0.39, 0.29) is 6.10 Å². The molecule has 0 aliphatic heterocycles. The van der Waals surface area contributed by atoms with E-state index in [0.29, 0.717) is 13.1 Å². The Bertz CT molecular complexity index is 812. The Morgan fingerprint density at radius 3 is 2.83 bits per heavy atom. The standard InChI is InChI=1S/C17H22N4O2S/c1-11(22)8-18-17-20-14-6-4-5-7-15(14)21(17)9-13-10-24-16(19-13)12(2)23-3/h4-7,10-12,22H,8-9H2,1-3H3,(H,18,20). The Hall–Kier alpha value is -1.96. The summed E-state index contributed by atoms with van der Waals surface area (Å²) in [5, 5.41) is 15.8.